The van der Waals surface area contributed by atoms with E-state index in [2.05, 4.69) is 0 Å². The Balaban J connectivity index is 2.22. The second-order valence-corrected chi connectivity index (χ2v) is 6.38. The second kappa shape index (κ2) is 6.14. The van der Waals surface area contributed by atoms with Gasteiger partial charge in [-0.2, -0.15) is 5.26 Å². The number of hydrogen-bond acceptors (Lipinski definition) is 5. The first-order valence-electron chi connectivity index (χ1n) is 6.88. The van der Waals surface area contributed by atoms with Gasteiger partial charge in [0.1, 0.15) is 15.9 Å². The van der Waals surface area contributed by atoms with Crippen LogP contribution in [0, 0.1) is 17.2 Å². The Labute approximate surface area is 123 Å². The number of carbonyl (C=O) groups excluding carboxylic acids is 1. The lowest BCUT2D eigenvalue weighted by Gasteiger charge is -2.27. The number of primary amides is 1. The minimum atomic E-state index is -0.564. The standard InChI is InChI=1S/C14H20N4OS/c1-18(8-9-5-3-2-4-6-9)14-11(13(17)19)12(16)10(7-15)20-14/h9H,2-6,8,16H2,1H3,(H2,17,19). The Morgan fingerprint density at radius 2 is 2.10 bits per heavy atom. The van der Waals surface area contributed by atoms with E-state index in [-0.39, 0.29) is 5.69 Å². The molecule has 1 fully saturated rings. The third kappa shape index (κ3) is 2.88. The molecular weight excluding hydrogens is 272 g/mol. The summed E-state index contributed by atoms with van der Waals surface area (Å²) in [5.74, 6) is 0.0779. The number of thiophene rings is 1. The zero-order valence-corrected chi connectivity index (χ0v) is 12.5. The van der Waals surface area contributed by atoms with E-state index < -0.39 is 5.91 Å². The van der Waals surface area contributed by atoms with Crippen LogP contribution in [0.15, 0.2) is 0 Å². The summed E-state index contributed by atoms with van der Waals surface area (Å²) in [5, 5.41) is 9.77. The zero-order chi connectivity index (χ0) is 14.7. The summed E-state index contributed by atoms with van der Waals surface area (Å²) in [6.45, 7) is 0.880. The predicted octanol–water partition coefficient (Wildman–Crippen LogP) is 2.32. The number of hydrogen-bond donors (Lipinski definition) is 2. The first-order chi connectivity index (χ1) is 9.54. The lowest BCUT2D eigenvalue weighted by molar-refractivity contribution is 0.100. The van der Waals surface area contributed by atoms with Gasteiger partial charge in [0.25, 0.3) is 5.91 Å². The first kappa shape index (κ1) is 14.7. The summed E-state index contributed by atoms with van der Waals surface area (Å²) in [6.07, 6.45) is 6.32. The molecular formula is C14H20N4OS. The number of nitrogens with zero attached hydrogens (tertiary/aromatic N) is 2. The number of nitrogens with two attached hydrogens (primary N) is 2. The molecule has 0 radical (unpaired) electrons. The number of amides is 1. The summed E-state index contributed by atoms with van der Waals surface area (Å²) in [7, 11) is 1.94. The van der Waals surface area contributed by atoms with Crippen molar-refractivity contribution < 1.29 is 4.79 Å². The summed E-state index contributed by atoms with van der Waals surface area (Å²) < 4.78 is 0. The van der Waals surface area contributed by atoms with Crippen LogP contribution in [0.2, 0.25) is 0 Å². The molecule has 0 saturated heterocycles. The van der Waals surface area contributed by atoms with Gasteiger partial charge >= 0.3 is 0 Å². The monoisotopic (exact) mass is 292 g/mol. The maximum Gasteiger partial charge on any atom is 0.253 e. The van der Waals surface area contributed by atoms with E-state index in [4.69, 9.17) is 16.7 Å². The molecule has 4 N–H and O–H groups in total. The lowest BCUT2D eigenvalue weighted by Crippen LogP contribution is -2.28. The zero-order valence-electron chi connectivity index (χ0n) is 11.7. The van der Waals surface area contributed by atoms with E-state index in [1.54, 1.807) is 0 Å². The first-order valence-corrected chi connectivity index (χ1v) is 7.69. The SMILES string of the molecule is CN(CC1CCCCC1)c1sc(C#N)c(N)c1C(N)=O. The van der Waals surface area contributed by atoms with Crippen molar-refractivity contribution in [3.63, 3.8) is 0 Å². The highest BCUT2D eigenvalue weighted by atomic mass is 32.1. The highest BCUT2D eigenvalue weighted by molar-refractivity contribution is 7.17. The van der Waals surface area contributed by atoms with Crippen LogP contribution in [0.1, 0.15) is 47.3 Å². The molecule has 1 aromatic heterocycles. The molecule has 20 heavy (non-hydrogen) atoms. The summed E-state index contributed by atoms with van der Waals surface area (Å²) in [6, 6.07) is 2.03. The summed E-state index contributed by atoms with van der Waals surface area (Å²) >= 11 is 1.25. The van der Waals surface area contributed by atoms with Gasteiger partial charge in [-0.15, -0.1) is 11.3 Å². The largest absolute Gasteiger partial charge is 0.396 e. The third-order valence-corrected chi connectivity index (χ3v) is 5.10. The van der Waals surface area contributed by atoms with E-state index in [0.29, 0.717) is 16.4 Å². The smallest absolute Gasteiger partial charge is 0.253 e. The van der Waals surface area contributed by atoms with Gasteiger partial charge in [-0.1, -0.05) is 19.3 Å². The van der Waals surface area contributed by atoms with E-state index in [1.165, 1.54) is 43.4 Å². The normalized spacial score (nSPS) is 15.8. The minimum absolute atomic E-state index is 0.218. The lowest BCUT2D eigenvalue weighted by atomic mass is 9.89. The van der Waals surface area contributed by atoms with Crippen molar-refractivity contribution in [1.29, 1.82) is 5.26 Å². The Hall–Kier alpha value is -1.74. The van der Waals surface area contributed by atoms with Crippen LogP contribution < -0.4 is 16.4 Å². The molecule has 2 rings (SSSR count). The van der Waals surface area contributed by atoms with Crippen LogP contribution in [-0.4, -0.2) is 19.5 Å². The number of nitrogen functional groups attached to an aromatic ring is 1. The highest BCUT2D eigenvalue weighted by Crippen LogP contribution is 2.38. The minimum Gasteiger partial charge on any atom is -0.396 e. The number of nitriles is 1. The van der Waals surface area contributed by atoms with E-state index in [1.807, 2.05) is 18.0 Å². The topological polar surface area (TPSA) is 96.1 Å². The summed E-state index contributed by atoms with van der Waals surface area (Å²) in [4.78, 5) is 14.0. The molecule has 0 spiro atoms. The van der Waals surface area contributed by atoms with Crippen molar-refractivity contribution in [2.45, 2.75) is 32.1 Å². The van der Waals surface area contributed by atoms with Crippen molar-refractivity contribution in [2.75, 3.05) is 24.2 Å². The van der Waals surface area contributed by atoms with Crippen molar-refractivity contribution in [3.05, 3.63) is 10.4 Å². The van der Waals surface area contributed by atoms with Gasteiger partial charge in [0, 0.05) is 13.6 Å². The molecule has 108 valence electrons. The maximum absolute atomic E-state index is 11.6. The van der Waals surface area contributed by atoms with Crippen molar-refractivity contribution in [3.8, 4) is 6.07 Å². The molecule has 1 aromatic rings. The van der Waals surface area contributed by atoms with E-state index in [0.717, 1.165) is 11.5 Å². The molecule has 0 unspecified atom stereocenters. The average Bonchev–Trinajstić information content (AvgIpc) is 2.77. The van der Waals surface area contributed by atoms with Gasteiger partial charge in [0.15, 0.2) is 0 Å². The molecule has 1 heterocycles. The third-order valence-electron chi connectivity index (χ3n) is 3.88. The van der Waals surface area contributed by atoms with Gasteiger partial charge in [0.05, 0.1) is 11.3 Å². The molecule has 5 nitrogen and oxygen atoms in total. The van der Waals surface area contributed by atoms with Crippen molar-refractivity contribution in [2.24, 2.45) is 11.7 Å². The molecule has 1 saturated carbocycles. The van der Waals surface area contributed by atoms with Gasteiger partial charge in [-0.3, -0.25) is 4.79 Å². The molecule has 0 aromatic carbocycles. The van der Waals surface area contributed by atoms with Gasteiger partial charge < -0.3 is 16.4 Å². The second-order valence-electron chi connectivity index (χ2n) is 5.39. The van der Waals surface area contributed by atoms with Crippen LogP contribution in [0.25, 0.3) is 0 Å². The maximum atomic E-state index is 11.6. The van der Waals surface area contributed by atoms with Crippen LogP contribution in [0.4, 0.5) is 10.7 Å². The molecule has 1 aliphatic rings. The molecule has 0 aliphatic heterocycles. The molecule has 0 atom stereocenters. The van der Waals surface area contributed by atoms with Gasteiger partial charge in [-0.05, 0) is 18.8 Å². The molecule has 1 aliphatic carbocycles. The number of anilines is 2. The van der Waals surface area contributed by atoms with E-state index in [9.17, 15) is 4.79 Å². The van der Waals surface area contributed by atoms with Crippen LogP contribution in [0.5, 0.6) is 0 Å². The van der Waals surface area contributed by atoms with Gasteiger partial charge in [0.2, 0.25) is 0 Å². The highest BCUT2D eigenvalue weighted by Gasteiger charge is 2.24. The van der Waals surface area contributed by atoms with Crippen molar-refractivity contribution >= 4 is 27.9 Å². The summed E-state index contributed by atoms with van der Waals surface area (Å²) in [5.41, 5.74) is 11.8. The Kier molecular flexibility index (Phi) is 4.50. The van der Waals surface area contributed by atoms with Crippen molar-refractivity contribution in [1.82, 2.24) is 0 Å². The fourth-order valence-corrected chi connectivity index (χ4v) is 3.86. The molecule has 0 bridgehead atoms. The number of carbonyl (C=O) groups is 1. The Morgan fingerprint density at radius 1 is 1.45 bits per heavy atom. The fraction of sp³-hybridized carbons (Fsp3) is 0.571. The Morgan fingerprint density at radius 3 is 2.65 bits per heavy atom. The quantitative estimate of drug-likeness (QED) is 0.890. The van der Waals surface area contributed by atoms with Gasteiger partial charge in [-0.25, -0.2) is 0 Å². The molecule has 1 amide bonds. The fourth-order valence-electron chi connectivity index (χ4n) is 2.86. The van der Waals surface area contributed by atoms with Crippen LogP contribution >= 0.6 is 11.3 Å². The molecule has 6 heteroatoms. The van der Waals surface area contributed by atoms with E-state index >= 15 is 0 Å². The Bertz CT molecular complexity index is 540. The predicted molar refractivity (Wildman–Crippen MR) is 81.8 cm³/mol. The number of rotatable bonds is 4. The van der Waals surface area contributed by atoms with Crippen LogP contribution in [0.3, 0.4) is 0 Å². The average molecular weight is 292 g/mol. The van der Waals surface area contributed by atoms with Crippen LogP contribution in [-0.2, 0) is 0 Å².